The summed E-state index contributed by atoms with van der Waals surface area (Å²) < 4.78 is 45.0. The van der Waals surface area contributed by atoms with E-state index in [1.165, 1.54) is 19.2 Å². The van der Waals surface area contributed by atoms with Gasteiger partial charge in [-0.2, -0.15) is 0 Å². The molecule has 0 spiro atoms. The van der Waals surface area contributed by atoms with Gasteiger partial charge in [-0.05, 0) is 36.8 Å². The van der Waals surface area contributed by atoms with Crippen molar-refractivity contribution in [3.63, 3.8) is 0 Å². The van der Waals surface area contributed by atoms with Crippen molar-refractivity contribution in [3.05, 3.63) is 65.5 Å². The number of hydrogen-bond donors (Lipinski definition) is 2. The summed E-state index contributed by atoms with van der Waals surface area (Å²) in [5.41, 5.74) is 0.685. The van der Waals surface area contributed by atoms with Crippen molar-refractivity contribution in [2.24, 2.45) is 5.16 Å². The lowest BCUT2D eigenvalue weighted by Crippen LogP contribution is -2.40. The van der Waals surface area contributed by atoms with E-state index < -0.39 is 27.3 Å². The van der Waals surface area contributed by atoms with Gasteiger partial charge in [0.05, 0.1) is 18.1 Å². The molecule has 0 bridgehead atoms. The van der Waals surface area contributed by atoms with Crippen molar-refractivity contribution in [1.82, 2.24) is 4.72 Å². The minimum Gasteiger partial charge on any atom is -0.383 e. The number of rotatable bonds is 9. The molecule has 8 nitrogen and oxygen atoms in total. The Morgan fingerprint density at radius 2 is 2.03 bits per heavy atom. The number of methoxy groups -OCH3 is 1. The van der Waals surface area contributed by atoms with Gasteiger partial charge < -0.3 is 14.9 Å². The summed E-state index contributed by atoms with van der Waals surface area (Å²) in [5.74, 6) is -1.08. The first-order valence-corrected chi connectivity index (χ1v) is 11.2. The Morgan fingerprint density at radius 1 is 1.26 bits per heavy atom. The topological polar surface area (TPSA) is 106 Å². The van der Waals surface area contributed by atoms with Gasteiger partial charge in [0.25, 0.3) is 5.91 Å². The minimum atomic E-state index is -3.54. The normalized spacial score (nSPS) is 18.4. The highest BCUT2D eigenvalue weighted by atomic mass is 32.2. The van der Waals surface area contributed by atoms with E-state index in [0.717, 1.165) is 0 Å². The maximum Gasteiger partial charge on any atom is 0.271 e. The van der Waals surface area contributed by atoms with Gasteiger partial charge >= 0.3 is 0 Å². The fourth-order valence-electron chi connectivity index (χ4n) is 3.06. The molecule has 0 fully saturated rings. The van der Waals surface area contributed by atoms with Gasteiger partial charge in [0.2, 0.25) is 15.6 Å². The minimum absolute atomic E-state index is 0.166. The van der Waals surface area contributed by atoms with E-state index in [2.05, 4.69) is 15.2 Å². The summed E-state index contributed by atoms with van der Waals surface area (Å²) in [6.07, 6.45) is 0.166. The Labute approximate surface area is 180 Å². The number of sulfonamides is 1. The number of carbonyl (C=O) groups is 1. The molecular formula is C21H24FN3O5S. The van der Waals surface area contributed by atoms with E-state index in [1.807, 2.05) is 0 Å². The van der Waals surface area contributed by atoms with Crippen LogP contribution in [0.15, 0.2) is 53.7 Å². The van der Waals surface area contributed by atoms with E-state index in [4.69, 9.17) is 9.57 Å². The molecule has 2 aromatic carbocycles. The van der Waals surface area contributed by atoms with Crippen LogP contribution in [0, 0.1) is 5.82 Å². The number of halogens is 1. The van der Waals surface area contributed by atoms with Gasteiger partial charge in [-0.15, -0.1) is 0 Å². The van der Waals surface area contributed by atoms with Crippen molar-refractivity contribution >= 4 is 27.3 Å². The van der Waals surface area contributed by atoms with Gasteiger partial charge in [0, 0.05) is 31.3 Å². The number of ether oxygens (including phenoxy) is 1. The van der Waals surface area contributed by atoms with Crippen LogP contribution in [0.5, 0.6) is 0 Å². The molecule has 166 valence electrons. The van der Waals surface area contributed by atoms with Gasteiger partial charge in [-0.25, -0.2) is 17.5 Å². The molecular weight excluding hydrogens is 425 g/mol. The second-order valence-electron chi connectivity index (χ2n) is 7.35. The highest BCUT2D eigenvalue weighted by Crippen LogP contribution is 2.28. The molecule has 0 saturated carbocycles. The second-order valence-corrected chi connectivity index (χ2v) is 9.15. The molecule has 2 aromatic rings. The van der Waals surface area contributed by atoms with Crippen LogP contribution in [0.4, 0.5) is 10.1 Å². The fourth-order valence-corrected chi connectivity index (χ4v) is 4.17. The molecule has 0 unspecified atom stereocenters. The van der Waals surface area contributed by atoms with E-state index in [9.17, 15) is 17.6 Å². The molecule has 1 atom stereocenters. The molecule has 3 rings (SSSR count). The summed E-state index contributed by atoms with van der Waals surface area (Å²) >= 11 is 0. The lowest BCUT2D eigenvalue weighted by Gasteiger charge is -2.20. The third-order valence-electron chi connectivity index (χ3n) is 4.67. The Balaban J connectivity index is 1.64. The lowest BCUT2D eigenvalue weighted by molar-refractivity contribution is -0.135. The van der Waals surface area contributed by atoms with Crippen LogP contribution in [0.2, 0.25) is 0 Å². The SMILES string of the molecule is COCCNS(=O)(=O)Cc1cccc(NC(=O)[C@]2(C)CC(c3cccc(F)c3)=NO2)c1. The molecule has 0 radical (unpaired) electrons. The standard InChI is InChI=1S/C21H24FN3O5S/c1-21(13-19(25-30-21)16-6-4-7-17(22)12-16)20(26)24-18-8-3-5-15(11-18)14-31(27,28)23-9-10-29-2/h3-8,11-12,23H,9-10,13-14H2,1-2H3,(H,24,26)/t21-/m0/s1. The highest BCUT2D eigenvalue weighted by molar-refractivity contribution is 7.88. The van der Waals surface area contributed by atoms with Crippen molar-refractivity contribution in [3.8, 4) is 0 Å². The number of hydrogen-bond acceptors (Lipinski definition) is 6. The number of amides is 1. The third kappa shape index (κ3) is 6.09. The highest BCUT2D eigenvalue weighted by Gasteiger charge is 2.42. The Morgan fingerprint density at radius 3 is 2.77 bits per heavy atom. The van der Waals surface area contributed by atoms with Crippen LogP contribution < -0.4 is 10.0 Å². The molecule has 1 aliphatic heterocycles. The maximum atomic E-state index is 13.5. The first kappa shape index (κ1) is 22.9. The molecule has 2 N–H and O–H groups in total. The molecule has 0 aromatic heterocycles. The Bertz CT molecular complexity index is 1090. The monoisotopic (exact) mass is 449 g/mol. The number of oxime groups is 1. The van der Waals surface area contributed by atoms with Crippen LogP contribution in [-0.2, 0) is 30.1 Å². The summed E-state index contributed by atoms with van der Waals surface area (Å²) in [6.45, 7) is 2.04. The molecule has 0 aliphatic carbocycles. The zero-order valence-electron chi connectivity index (χ0n) is 17.2. The van der Waals surface area contributed by atoms with E-state index in [-0.39, 0.29) is 25.3 Å². The first-order chi connectivity index (χ1) is 14.7. The number of nitrogens with zero attached hydrogens (tertiary/aromatic N) is 1. The van der Waals surface area contributed by atoms with Crippen LogP contribution in [-0.4, -0.2) is 45.9 Å². The predicted molar refractivity (Wildman–Crippen MR) is 115 cm³/mol. The molecule has 31 heavy (non-hydrogen) atoms. The van der Waals surface area contributed by atoms with Crippen LogP contribution in [0.1, 0.15) is 24.5 Å². The second kappa shape index (κ2) is 9.54. The average Bonchev–Trinajstić information content (AvgIpc) is 3.12. The van der Waals surface area contributed by atoms with Crippen molar-refractivity contribution in [1.29, 1.82) is 0 Å². The van der Waals surface area contributed by atoms with E-state index in [1.54, 1.807) is 43.3 Å². The zero-order valence-corrected chi connectivity index (χ0v) is 18.0. The number of nitrogens with one attached hydrogen (secondary N) is 2. The Kier molecular flexibility index (Phi) is 7.04. The van der Waals surface area contributed by atoms with E-state index in [0.29, 0.717) is 22.5 Å². The van der Waals surface area contributed by atoms with Gasteiger partial charge in [0.1, 0.15) is 5.82 Å². The molecule has 1 aliphatic rings. The summed E-state index contributed by atoms with van der Waals surface area (Å²) in [4.78, 5) is 18.2. The number of carbonyl (C=O) groups excluding carboxylic acids is 1. The predicted octanol–water partition coefficient (Wildman–Crippen LogP) is 2.41. The Hall–Kier alpha value is -2.82. The molecule has 0 saturated heterocycles. The maximum absolute atomic E-state index is 13.5. The van der Waals surface area contributed by atoms with Crippen LogP contribution in [0.25, 0.3) is 0 Å². The fraction of sp³-hybridized carbons (Fsp3) is 0.333. The third-order valence-corrected chi connectivity index (χ3v) is 6.03. The number of benzene rings is 2. The van der Waals surface area contributed by atoms with Gasteiger partial charge in [-0.3, -0.25) is 4.79 Å². The zero-order chi connectivity index (χ0) is 22.5. The molecule has 1 amide bonds. The van der Waals surface area contributed by atoms with Crippen molar-refractivity contribution in [2.75, 3.05) is 25.6 Å². The first-order valence-electron chi connectivity index (χ1n) is 9.58. The summed E-state index contributed by atoms with van der Waals surface area (Å²) in [5, 5.41) is 6.70. The average molecular weight is 450 g/mol. The molecule has 10 heteroatoms. The van der Waals surface area contributed by atoms with Crippen molar-refractivity contribution < 1.29 is 27.2 Å². The van der Waals surface area contributed by atoms with Crippen LogP contribution >= 0.6 is 0 Å². The lowest BCUT2D eigenvalue weighted by atomic mass is 9.95. The summed E-state index contributed by atoms with van der Waals surface area (Å²) in [6, 6.07) is 12.5. The van der Waals surface area contributed by atoms with Crippen LogP contribution in [0.3, 0.4) is 0 Å². The number of anilines is 1. The van der Waals surface area contributed by atoms with Gasteiger partial charge in [0.15, 0.2) is 0 Å². The largest absolute Gasteiger partial charge is 0.383 e. The van der Waals surface area contributed by atoms with E-state index >= 15 is 0 Å². The summed E-state index contributed by atoms with van der Waals surface area (Å²) in [7, 11) is -2.05. The quantitative estimate of drug-likeness (QED) is 0.572. The van der Waals surface area contributed by atoms with Crippen molar-refractivity contribution in [2.45, 2.75) is 24.7 Å². The molecule has 1 heterocycles. The smallest absolute Gasteiger partial charge is 0.271 e. The van der Waals surface area contributed by atoms with Gasteiger partial charge in [-0.1, -0.05) is 29.4 Å².